The van der Waals surface area contributed by atoms with E-state index in [1.165, 1.54) is 82.2 Å². The van der Waals surface area contributed by atoms with Gasteiger partial charge >= 0.3 is 0 Å². The predicted molar refractivity (Wildman–Crippen MR) is 167 cm³/mol. The van der Waals surface area contributed by atoms with Gasteiger partial charge in [0.15, 0.2) is 0 Å². The van der Waals surface area contributed by atoms with Crippen LogP contribution in [0.2, 0.25) is 0 Å². The minimum Gasteiger partial charge on any atom is -0.358 e. The van der Waals surface area contributed by atoms with Crippen LogP contribution in [0.25, 0.3) is 22.3 Å². The van der Waals surface area contributed by atoms with Crippen molar-refractivity contribution in [2.24, 2.45) is 0 Å². The van der Waals surface area contributed by atoms with E-state index in [1.54, 1.807) is 0 Å². The summed E-state index contributed by atoms with van der Waals surface area (Å²) in [6.45, 7) is 0. The Kier molecular flexibility index (Phi) is 14.9. The van der Waals surface area contributed by atoms with Crippen LogP contribution in [0.1, 0.15) is 66.3 Å². The van der Waals surface area contributed by atoms with Gasteiger partial charge in [0.1, 0.15) is 0 Å². The minimum atomic E-state index is 0. The van der Waals surface area contributed by atoms with Crippen molar-refractivity contribution in [3.05, 3.63) is 141 Å². The maximum atomic E-state index is 5.27. The van der Waals surface area contributed by atoms with E-state index in [4.69, 9.17) is 6.42 Å². The molecule has 0 heterocycles. The number of hydrogen-bond acceptors (Lipinski definition) is 0. The third-order valence-electron chi connectivity index (χ3n) is 7.15. The first-order chi connectivity index (χ1) is 17.3. The third kappa shape index (κ3) is 8.32. The molecule has 1 heteroatoms. The number of rotatable bonds is 7. The van der Waals surface area contributed by atoms with E-state index < -0.39 is 0 Å². The third-order valence-corrected chi connectivity index (χ3v) is 7.15. The Morgan fingerprint density at radius 1 is 0.615 bits per heavy atom. The Morgan fingerprint density at radius 2 is 1.18 bits per heavy atom. The molecule has 0 radical (unpaired) electrons. The largest absolute Gasteiger partial charge is 0.358 e. The number of aryl methyl sites for hydroxylation is 1. The standard InChI is InChI=1S/C22H23.C13H9.3CH3.Ti/c1-2-3-4-5-6-7-8-11-18-14-15-22-20(16-18)17-19-12-9-10-13-21(19)22;1-3-7-12-10(5-1)9-11-6-2-4-8-13(11)12;;;;/h1,9-10,12-15H,3-8,11,17H2;1-5,7-8H,9H2;3*1H3;/q5*-1;. The summed E-state index contributed by atoms with van der Waals surface area (Å²) in [5.74, 6) is 2.71. The van der Waals surface area contributed by atoms with Crippen LogP contribution >= 0.6 is 0 Å². The van der Waals surface area contributed by atoms with Crippen LogP contribution in [-0.2, 0) is 41.0 Å². The van der Waals surface area contributed by atoms with Gasteiger partial charge in [-0.2, -0.15) is 53.6 Å². The van der Waals surface area contributed by atoms with Gasteiger partial charge in [0.05, 0.1) is 0 Å². The van der Waals surface area contributed by atoms with Crippen LogP contribution in [0.3, 0.4) is 0 Å². The van der Waals surface area contributed by atoms with Crippen molar-refractivity contribution >= 4 is 0 Å². The molecule has 0 saturated heterocycles. The number of terminal acetylenes is 1. The van der Waals surface area contributed by atoms with Crippen molar-refractivity contribution < 1.29 is 21.7 Å². The van der Waals surface area contributed by atoms with E-state index in [-0.39, 0.29) is 44.0 Å². The molecule has 0 aliphatic heterocycles. The van der Waals surface area contributed by atoms with E-state index in [0.29, 0.717) is 0 Å². The van der Waals surface area contributed by atoms with Gasteiger partial charge in [0.2, 0.25) is 0 Å². The molecule has 202 valence electrons. The quantitative estimate of drug-likeness (QED) is 0.0810. The zero-order valence-electron chi connectivity index (χ0n) is 23.9. The van der Waals surface area contributed by atoms with Crippen molar-refractivity contribution in [2.75, 3.05) is 0 Å². The van der Waals surface area contributed by atoms with Gasteiger partial charge in [-0.15, -0.1) is 29.0 Å². The maximum absolute atomic E-state index is 5.27. The summed E-state index contributed by atoms with van der Waals surface area (Å²) < 4.78 is 0. The van der Waals surface area contributed by atoms with E-state index in [9.17, 15) is 0 Å². The molecule has 2 aliphatic rings. The van der Waals surface area contributed by atoms with E-state index in [0.717, 1.165) is 25.7 Å². The zero-order chi connectivity index (χ0) is 23.9. The molecule has 0 spiro atoms. The fourth-order valence-electron chi connectivity index (χ4n) is 5.32. The van der Waals surface area contributed by atoms with Crippen LogP contribution < -0.4 is 0 Å². The summed E-state index contributed by atoms with van der Waals surface area (Å²) in [5, 5.41) is 0. The summed E-state index contributed by atoms with van der Waals surface area (Å²) in [4.78, 5) is 0. The first kappa shape index (κ1) is 34.2. The number of benzene rings is 4. The van der Waals surface area contributed by atoms with Crippen molar-refractivity contribution in [1.82, 2.24) is 0 Å². The first-order valence-corrected chi connectivity index (χ1v) is 13.0. The maximum Gasteiger partial charge on any atom is 0.00860 e. The van der Waals surface area contributed by atoms with Crippen molar-refractivity contribution in [3.8, 4) is 34.6 Å². The molecule has 0 atom stereocenters. The molecule has 2 aliphatic carbocycles. The predicted octanol–water partition coefficient (Wildman–Crippen LogP) is 9.98. The molecule has 4 aromatic rings. The summed E-state index contributed by atoms with van der Waals surface area (Å²) in [7, 11) is 0. The summed E-state index contributed by atoms with van der Waals surface area (Å²) >= 11 is 0. The van der Waals surface area contributed by atoms with E-state index in [2.05, 4.69) is 90.8 Å². The van der Waals surface area contributed by atoms with E-state index >= 15 is 0 Å². The van der Waals surface area contributed by atoms with Gasteiger partial charge < -0.3 is 22.3 Å². The van der Waals surface area contributed by atoms with Gasteiger partial charge in [0, 0.05) is 28.1 Å². The molecule has 4 aromatic carbocycles. The second-order valence-electron chi connectivity index (χ2n) is 9.58. The molecule has 0 nitrogen and oxygen atoms in total. The molecule has 6 rings (SSSR count). The zero-order valence-corrected chi connectivity index (χ0v) is 25.5. The SMILES string of the molecule is C#CCCCCCCCc1[c-]c2c(cc1)-c1ccccc1C2.[CH3-].[CH3-].[CH3-].[Ti].[c-]1cccc2c1Cc1ccccc1-2. The minimum absolute atomic E-state index is 0. The first-order valence-electron chi connectivity index (χ1n) is 13.0. The molecular weight excluding hydrogens is 504 g/mol. The molecule has 0 bridgehead atoms. The molecule has 0 N–H and O–H groups in total. The van der Waals surface area contributed by atoms with Gasteiger partial charge in [-0.3, -0.25) is 0 Å². The number of fused-ring (bicyclic) bond motifs is 6. The normalized spacial score (nSPS) is 10.7. The van der Waals surface area contributed by atoms with E-state index in [1.807, 2.05) is 6.07 Å². The summed E-state index contributed by atoms with van der Waals surface area (Å²) in [6, 6.07) is 35.0. The van der Waals surface area contributed by atoms with Crippen molar-refractivity contribution in [1.29, 1.82) is 0 Å². The monoisotopic (exact) mass is 545 g/mol. The molecule has 39 heavy (non-hydrogen) atoms. The van der Waals surface area contributed by atoms with Crippen LogP contribution in [-0.4, -0.2) is 0 Å². The fraction of sp³-hybridized carbons (Fsp3) is 0.237. The molecular formula is C38H41Ti-5. The van der Waals surface area contributed by atoms with Crippen LogP contribution in [0.15, 0.2) is 78.9 Å². The van der Waals surface area contributed by atoms with Gasteiger partial charge in [0.25, 0.3) is 0 Å². The Bertz CT molecular complexity index is 1300. The average Bonchev–Trinajstić information content (AvgIpc) is 3.46. The molecule has 0 unspecified atom stereocenters. The summed E-state index contributed by atoms with van der Waals surface area (Å²) in [6.07, 6.45) is 15.8. The smallest absolute Gasteiger partial charge is 0.00860 e. The van der Waals surface area contributed by atoms with Crippen LogP contribution in [0.4, 0.5) is 0 Å². The Labute approximate surface area is 254 Å². The number of unbranched alkanes of at least 4 members (excludes halogenated alkanes) is 5. The second kappa shape index (κ2) is 17.0. The topological polar surface area (TPSA) is 0 Å². The van der Waals surface area contributed by atoms with Crippen LogP contribution in [0, 0.1) is 46.8 Å². The number of hydrogen-bond donors (Lipinski definition) is 0. The Balaban J connectivity index is 0.000000388. The van der Waals surface area contributed by atoms with Gasteiger partial charge in [-0.1, -0.05) is 103 Å². The molecule has 0 saturated carbocycles. The Morgan fingerprint density at radius 3 is 1.87 bits per heavy atom. The Hall–Kier alpha value is -2.85. The molecule has 0 amide bonds. The fourth-order valence-corrected chi connectivity index (χ4v) is 5.32. The van der Waals surface area contributed by atoms with Crippen molar-refractivity contribution in [2.45, 2.75) is 57.8 Å². The average molecular weight is 546 g/mol. The summed E-state index contributed by atoms with van der Waals surface area (Å²) in [5.41, 5.74) is 12.5. The van der Waals surface area contributed by atoms with Gasteiger partial charge in [-0.05, 0) is 19.3 Å². The molecule has 0 aromatic heterocycles. The van der Waals surface area contributed by atoms with Gasteiger partial charge in [-0.25, -0.2) is 0 Å². The molecule has 0 fully saturated rings. The second-order valence-corrected chi connectivity index (χ2v) is 9.58. The van der Waals surface area contributed by atoms with Crippen LogP contribution in [0.5, 0.6) is 0 Å². The van der Waals surface area contributed by atoms with Crippen molar-refractivity contribution in [3.63, 3.8) is 0 Å².